The Bertz CT molecular complexity index is 493. The van der Waals surface area contributed by atoms with E-state index in [0.29, 0.717) is 21.8 Å². The van der Waals surface area contributed by atoms with Gasteiger partial charge in [-0.15, -0.1) is 11.6 Å². The number of allylic oxidation sites excluding steroid dienone is 1. The first-order valence-electron chi connectivity index (χ1n) is 5.76. The number of hydrogen-bond acceptors (Lipinski definition) is 2. The number of halogens is 2. The molecule has 1 amide bonds. The predicted octanol–water partition coefficient (Wildman–Crippen LogP) is 4.94. The van der Waals surface area contributed by atoms with Crippen molar-refractivity contribution in [2.24, 2.45) is 0 Å². The number of nitrogens with one attached hydrogen (secondary N) is 1. The second-order valence-electron chi connectivity index (χ2n) is 5.05. The van der Waals surface area contributed by atoms with Gasteiger partial charge >= 0.3 is 6.09 Å². The van der Waals surface area contributed by atoms with Gasteiger partial charge in [-0.2, -0.15) is 0 Å². The average Bonchev–Trinajstić information content (AvgIpc) is 2.28. The molecule has 104 valence electrons. The van der Waals surface area contributed by atoms with E-state index in [2.05, 4.69) is 11.9 Å². The molecule has 0 saturated carbocycles. The van der Waals surface area contributed by atoms with E-state index in [9.17, 15) is 4.79 Å². The van der Waals surface area contributed by atoms with Crippen molar-refractivity contribution >= 4 is 40.6 Å². The SMILES string of the molecule is C=C(CCl)c1cc(Cl)ccc1NC(=O)OC(C)(C)C. The lowest BCUT2D eigenvalue weighted by Crippen LogP contribution is -2.27. The molecule has 0 atom stereocenters. The second-order valence-corrected chi connectivity index (χ2v) is 5.76. The lowest BCUT2D eigenvalue weighted by Gasteiger charge is -2.20. The highest BCUT2D eigenvalue weighted by atomic mass is 35.5. The minimum atomic E-state index is -0.555. The zero-order chi connectivity index (χ0) is 14.6. The van der Waals surface area contributed by atoms with E-state index in [-0.39, 0.29) is 5.88 Å². The summed E-state index contributed by atoms with van der Waals surface area (Å²) < 4.78 is 5.19. The lowest BCUT2D eigenvalue weighted by molar-refractivity contribution is 0.0636. The molecule has 0 aromatic heterocycles. The molecule has 1 rings (SSSR count). The Morgan fingerprint density at radius 1 is 1.42 bits per heavy atom. The maximum Gasteiger partial charge on any atom is 0.412 e. The fourth-order valence-corrected chi connectivity index (χ4v) is 1.72. The topological polar surface area (TPSA) is 38.3 Å². The van der Waals surface area contributed by atoms with Gasteiger partial charge in [0.05, 0.1) is 5.69 Å². The molecule has 0 aliphatic rings. The Labute approximate surface area is 123 Å². The minimum Gasteiger partial charge on any atom is -0.444 e. The molecule has 0 aliphatic heterocycles. The van der Waals surface area contributed by atoms with Crippen LogP contribution in [0.1, 0.15) is 26.3 Å². The predicted molar refractivity (Wildman–Crippen MR) is 81.1 cm³/mol. The number of hydrogen-bond donors (Lipinski definition) is 1. The lowest BCUT2D eigenvalue weighted by atomic mass is 10.1. The van der Waals surface area contributed by atoms with Crippen LogP contribution in [0.4, 0.5) is 10.5 Å². The molecule has 0 aliphatic carbocycles. The average molecular weight is 302 g/mol. The molecule has 0 spiro atoms. The molecule has 0 saturated heterocycles. The quantitative estimate of drug-likeness (QED) is 0.803. The van der Waals surface area contributed by atoms with Crippen LogP contribution < -0.4 is 5.32 Å². The van der Waals surface area contributed by atoms with Crippen molar-refractivity contribution in [3.05, 3.63) is 35.4 Å². The van der Waals surface area contributed by atoms with E-state index >= 15 is 0 Å². The largest absolute Gasteiger partial charge is 0.444 e. The molecule has 3 nitrogen and oxygen atoms in total. The normalized spacial score (nSPS) is 11.0. The fourth-order valence-electron chi connectivity index (χ4n) is 1.40. The van der Waals surface area contributed by atoms with E-state index in [1.54, 1.807) is 39.0 Å². The molecule has 19 heavy (non-hydrogen) atoms. The molecule has 1 N–H and O–H groups in total. The number of alkyl halides is 1. The van der Waals surface area contributed by atoms with Gasteiger partial charge in [0.1, 0.15) is 5.60 Å². The third-order valence-electron chi connectivity index (χ3n) is 2.16. The zero-order valence-corrected chi connectivity index (χ0v) is 12.7. The van der Waals surface area contributed by atoms with Gasteiger partial charge in [-0.3, -0.25) is 5.32 Å². The highest BCUT2D eigenvalue weighted by Crippen LogP contribution is 2.27. The van der Waals surface area contributed by atoms with Crippen molar-refractivity contribution < 1.29 is 9.53 Å². The molecule has 0 radical (unpaired) electrons. The molecule has 0 fully saturated rings. The Morgan fingerprint density at radius 3 is 2.58 bits per heavy atom. The van der Waals surface area contributed by atoms with Crippen molar-refractivity contribution in [1.82, 2.24) is 0 Å². The van der Waals surface area contributed by atoms with Crippen LogP contribution in [-0.2, 0) is 4.74 Å². The van der Waals surface area contributed by atoms with Crippen molar-refractivity contribution in [1.29, 1.82) is 0 Å². The summed E-state index contributed by atoms with van der Waals surface area (Å²) in [5, 5.41) is 3.22. The summed E-state index contributed by atoms with van der Waals surface area (Å²) in [5.41, 5.74) is 1.40. The van der Waals surface area contributed by atoms with E-state index < -0.39 is 11.7 Å². The van der Waals surface area contributed by atoms with Gasteiger partial charge < -0.3 is 4.74 Å². The van der Waals surface area contributed by atoms with Crippen LogP contribution >= 0.6 is 23.2 Å². The van der Waals surface area contributed by atoms with Crippen LogP contribution in [0, 0.1) is 0 Å². The van der Waals surface area contributed by atoms with Crippen LogP contribution in [0.25, 0.3) is 5.57 Å². The number of carbonyl (C=O) groups is 1. The first-order chi connectivity index (χ1) is 8.73. The third-order valence-corrected chi connectivity index (χ3v) is 2.72. The summed E-state index contributed by atoms with van der Waals surface area (Å²) in [6, 6.07) is 5.08. The molecule has 5 heteroatoms. The molecular formula is C14H17Cl2NO2. The Morgan fingerprint density at radius 2 is 2.05 bits per heavy atom. The van der Waals surface area contributed by atoms with E-state index in [1.165, 1.54) is 0 Å². The number of amides is 1. The Hall–Kier alpha value is -1.19. The van der Waals surface area contributed by atoms with Crippen LogP contribution in [0.2, 0.25) is 5.02 Å². The summed E-state index contributed by atoms with van der Waals surface area (Å²) >= 11 is 11.7. The molecular weight excluding hydrogens is 285 g/mol. The van der Waals surface area contributed by atoms with Crippen LogP contribution in [0.5, 0.6) is 0 Å². The van der Waals surface area contributed by atoms with Gasteiger partial charge in [-0.1, -0.05) is 18.2 Å². The van der Waals surface area contributed by atoms with Crippen molar-refractivity contribution in [2.75, 3.05) is 11.2 Å². The maximum atomic E-state index is 11.7. The monoisotopic (exact) mass is 301 g/mol. The number of rotatable bonds is 3. The van der Waals surface area contributed by atoms with Crippen molar-refractivity contribution in [3.8, 4) is 0 Å². The number of benzene rings is 1. The van der Waals surface area contributed by atoms with Gasteiger partial charge in [0, 0.05) is 16.5 Å². The summed E-state index contributed by atoms with van der Waals surface area (Å²) in [6.07, 6.45) is -0.529. The summed E-state index contributed by atoms with van der Waals surface area (Å²) in [4.78, 5) is 11.7. The van der Waals surface area contributed by atoms with Gasteiger partial charge in [0.15, 0.2) is 0 Å². The molecule has 0 bridgehead atoms. The third kappa shape index (κ3) is 5.13. The zero-order valence-electron chi connectivity index (χ0n) is 11.2. The van der Waals surface area contributed by atoms with Crippen LogP contribution in [0.15, 0.2) is 24.8 Å². The highest BCUT2D eigenvalue weighted by Gasteiger charge is 2.17. The standard InChI is InChI=1S/C14H17Cl2NO2/c1-9(8-15)11-7-10(16)5-6-12(11)17-13(18)19-14(2,3)4/h5-7H,1,8H2,2-4H3,(H,17,18). The second kappa shape index (κ2) is 6.31. The Kier molecular flexibility index (Phi) is 5.27. The smallest absolute Gasteiger partial charge is 0.412 e. The van der Waals surface area contributed by atoms with Crippen molar-refractivity contribution in [3.63, 3.8) is 0 Å². The maximum absolute atomic E-state index is 11.7. The molecule has 1 aromatic carbocycles. The summed E-state index contributed by atoms with van der Waals surface area (Å²) in [7, 11) is 0. The van der Waals surface area contributed by atoms with E-state index in [4.69, 9.17) is 27.9 Å². The fraction of sp³-hybridized carbons (Fsp3) is 0.357. The van der Waals surface area contributed by atoms with E-state index in [0.717, 1.165) is 0 Å². The number of ether oxygens (including phenoxy) is 1. The highest BCUT2D eigenvalue weighted by molar-refractivity contribution is 6.31. The Balaban J connectivity index is 2.95. The summed E-state index contributed by atoms with van der Waals surface area (Å²) in [6.45, 7) is 9.24. The van der Waals surface area contributed by atoms with Crippen LogP contribution in [-0.4, -0.2) is 17.6 Å². The minimum absolute atomic E-state index is 0.253. The van der Waals surface area contributed by atoms with Crippen molar-refractivity contribution in [2.45, 2.75) is 26.4 Å². The molecule has 1 aromatic rings. The van der Waals surface area contributed by atoms with Gasteiger partial charge in [0.25, 0.3) is 0 Å². The first-order valence-corrected chi connectivity index (χ1v) is 6.68. The van der Waals surface area contributed by atoms with E-state index in [1.807, 2.05) is 0 Å². The summed E-state index contributed by atoms with van der Waals surface area (Å²) in [5.74, 6) is 0.253. The van der Waals surface area contributed by atoms with Crippen LogP contribution in [0.3, 0.4) is 0 Å². The van der Waals surface area contributed by atoms with Gasteiger partial charge in [-0.05, 0) is 44.5 Å². The van der Waals surface area contributed by atoms with Gasteiger partial charge in [0.2, 0.25) is 0 Å². The molecule has 0 heterocycles. The van der Waals surface area contributed by atoms with Gasteiger partial charge in [-0.25, -0.2) is 4.79 Å². The number of carbonyl (C=O) groups excluding carboxylic acids is 1. The molecule has 0 unspecified atom stereocenters. The first kappa shape index (κ1) is 15.9. The number of anilines is 1.